The summed E-state index contributed by atoms with van der Waals surface area (Å²) in [6.07, 6.45) is 3.13. The van der Waals surface area contributed by atoms with Crippen molar-refractivity contribution in [3.05, 3.63) is 46.9 Å². The predicted octanol–water partition coefficient (Wildman–Crippen LogP) is 1.02. The van der Waals surface area contributed by atoms with E-state index in [0.717, 1.165) is 0 Å². The lowest BCUT2D eigenvalue weighted by atomic mass is 10.2. The third kappa shape index (κ3) is 2.80. The van der Waals surface area contributed by atoms with Gasteiger partial charge in [0.25, 0.3) is 5.91 Å². The summed E-state index contributed by atoms with van der Waals surface area (Å²) in [6, 6.07) is 2.89. The Hall–Kier alpha value is -1.84. The topological polar surface area (TPSA) is 53.2 Å². The molecule has 80 valence electrons. The van der Waals surface area contributed by atoms with Gasteiger partial charge in [-0.15, -0.1) is 6.58 Å². The summed E-state index contributed by atoms with van der Waals surface area (Å²) < 4.78 is 0. The van der Waals surface area contributed by atoms with E-state index in [1.54, 1.807) is 17.0 Å². The van der Waals surface area contributed by atoms with E-state index >= 15 is 0 Å². The maximum Gasteiger partial charge on any atom is 0.254 e. The van der Waals surface area contributed by atoms with Crippen LogP contribution in [0, 0.1) is 0 Å². The van der Waals surface area contributed by atoms with Crippen molar-refractivity contribution in [2.75, 3.05) is 13.1 Å². The third-order valence-electron chi connectivity index (χ3n) is 2.04. The van der Waals surface area contributed by atoms with Crippen LogP contribution in [0.1, 0.15) is 17.3 Å². The number of pyridine rings is 1. The molecule has 1 heterocycles. The Bertz CT molecular complexity index is 409. The van der Waals surface area contributed by atoms with Crippen molar-refractivity contribution in [2.45, 2.75) is 6.92 Å². The first-order chi connectivity index (χ1) is 7.19. The molecule has 0 bridgehead atoms. The van der Waals surface area contributed by atoms with Gasteiger partial charge in [0, 0.05) is 30.9 Å². The summed E-state index contributed by atoms with van der Waals surface area (Å²) in [5, 5.41) is 0. The van der Waals surface area contributed by atoms with E-state index in [0.29, 0.717) is 18.7 Å². The number of carbonyl (C=O) groups excluding carboxylic acids is 1. The van der Waals surface area contributed by atoms with E-state index < -0.39 is 0 Å². The first-order valence-electron chi connectivity index (χ1n) is 4.78. The van der Waals surface area contributed by atoms with Gasteiger partial charge in [0.15, 0.2) is 0 Å². The van der Waals surface area contributed by atoms with Crippen LogP contribution in [-0.2, 0) is 0 Å². The maximum absolute atomic E-state index is 11.8. The van der Waals surface area contributed by atoms with E-state index in [4.69, 9.17) is 0 Å². The van der Waals surface area contributed by atoms with Crippen LogP contribution in [-0.4, -0.2) is 28.9 Å². The first-order valence-corrected chi connectivity index (χ1v) is 4.78. The summed E-state index contributed by atoms with van der Waals surface area (Å²) in [5.41, 5.74) is 0.137. The number of likely N-dealkylation sites (N-methyl/N-ethyl adjacent to an activating group) is 1. The van der Waals surface area contributed by atoms with Crippen LogP contribution in [0.2, 0.25) is 0 Å². The molecule has 1 rings (SSSR count). The van der Waals surface area contributed by atoms with Crippen molar-refractivity contribution in [3.8, 4) is 0 Å². The largest absolute Gasteiger partial charge is 0.335 e. The molecule has 1 aromatic rings. The van der Waals surface area contributed by atoms with E-state index in [9.17, 15) is 9.59 Å². The van der Waals surface area contributed by atoms with Crippen LogP contribution in [0.15, 0.2) is 35.8 Å². The number of amides is 1. The minimum Gasteiger partial charge on any atom is -0.335 e. The third-order valence-corrected chi connectivity index (χ3v) is 2.04. The summed E-state index contributed by atoms with van der Waals surface area (Å²) in [6.45, 7) is 6.55. The number of hydrogen-bond donors (Lipinski definition) is 1. The molecule has 1 N–H and O–H groups in total. The highest BCUT2D eigenvalue weighted by Crippen LogP contribution is 2.01. The van der Waals surface area contributed by atoms with E-state index in [1.807, 2.05) is 6.92 Å². The van der Waals surface area contributed by atoms with Gasteiger partial charge in [-0.3, -0.25) is 9.59 Å². The molecule has 15 heavy (non-hydrogen) atoms. The number of nitrogens with zero attached hydrogens (tertiary/aromatic N) is 1. The number of hydrogen-bond acceptors (Lipinski definition) is 2. The minimum absolute atomic E-state index is 0.150. The molecule has 0 aromatic carbocycles. The van der Waals surface area contributed by atoms with Crippen LogP contribution in [0.5, 0.6) is 0 Å². The molecule has 0 atom stereocenters. The fourth-order valence-electron chi connectivity index (χ4n) is 1.27. The van der Waals surface area contributed by atoms with Crippen molar-refractivity contribution >= 4 is 5.91 Å². The highest BCUT2D eigenvalue weighted by Gasteiger charge is 2.12. The molecule has 0 spiro atoms. The Labute approximate surface area is 88.2 Å². The molecule has 0 saturated carbocycles. The molecule has 0 aliphatic heterocycles. The molecule has 1 amide bonds. The molecule has 0 saturated heterocycles. The Morgan fingerprint density at radius 1 is 1.67 bits per heavy atom. The van der Waals surface area contributed by atoms with Crippen molar-refractivity contribution < 1.29 is 4.79 Å². The van der Waals surface area contributed by atoms with E-state index in [1.165, 1.54) is 12.3 Å². The van der Waals surface area contributed by atoms with Gasteiger partial charge in [-0.25, -0.2) is 0 Å². The zero-order valence-electron chi connectivity index (χ0n) is 8.69. The lowest BCUT2D eigenvalue weighted by Gasteiger charge is -2.18. The second kappa shape index (κ2) is 5.14. The monoisotopic (exact) mass is 206 g/mol. The van der Waals surface area contributed by atoms with Crippen LogP contribution >= 0.6 is 0 Å². The molecule has 1 aromatic heterocycles. The molecule has 4 heteroatoms. The number of H-pyrrole nitrogens is 1. The lowest BCUT2D eigenvalue weighted by molar-refractivity contribution is 0.0782. The molecule has 0 unspecified atom stereocenters. The molecule has 0 radical (unpaired) electrons. The molecule has 0 aliphatic rings. The second-order valence-corrected chi connectivity index (χ2v) is 3.07. The highest BCUT2D eigenvalue weighted by molar-refractivity contribution is 5.94. The van der Waals surface area contributed by atoms with Gasteiger partial charge >= 0.3 is 0 Å². The van der Waals surface area contributed by atoms with Crippen LogP contribution in [0.25, 0.3) is 0 Å². The molecular weight excluding hydrogens is 192 g/mol. The van der Waals surface area contributed by atoms with Crippen molar-refractivity contribution in [1.82, 2.24) is 9.88 Å². The Balaban J connectivity index is 2.92. The zero-order valence-corrected chi connectivity index (χ0v) is 8.69. The molecule has 0 aliphatic carbocycles. The van der Waals surface area contributed by atoms with E-state index in [2.05, 4.69) is 11.6 Å². The zero-order chi connectivity index (χ0) is 11.3. The molecular formula is C11H14N2O2. The smallest absolute Gasteiger partial charge is 0.254 e. The van der Waals surface area contributed by atoms with Gasteiger partial charge in [-0.05, 0) is 13.0 Å². The number of rotatable bonds is 4. The summed E-state index contributed by atoms with van der Waals surface area (Å²) >= 11 is 0. The highest BCUT2D eigenvalue weighted by atomic mass is 16.2. The van der Waals surface area contributed by atoms with Crippen molar-refractivity contribution in [2.24, 2.45) is 0 Å². The van der Waals surface area contributed by atoms with Gasteiger partial charge < -0.3 is 9.88 Å². The van der Waals surface area contributed by atoms with Gasteiger partial charge in [0.2, 0.25) is 5.56 Å². The van der Waals surface area contributed by atoms with Crippen LogP contribution in [0.3, 0.4) is 0 Å². The number of aromatic nitrogens is 1. The quantitative estimate of drug-likeness (QED) is 0.748. The average molecular weight is 206 g/mol. The summed E-state index contributed by atoms with van der Waals surface area (Å²) in [4.78, 5) is 26.9. The first kappa shape index (κ1) is 11.2. The maximum atomic E-state index is 11.8. The molecule has 0 fully saturated rings. The lowest BCUT2D eigenvalue weighted by Crippen LogP contribution is -2.31. The fraction of sp³-hybridized carbons (Fsp3) is 0.273. The predicted molar refractivity (Wildman–Crippen MR) is 58.8 cm³/mol. The Morgan fingerprint density at radius 2 is 2.40 bits per heavy atom. The summed E-state index contributed by atoms with van der Waals surface area (Å²) in [7, 11) is 0. The normalized spacial score (nSPS) is 9.67. The van der Waals surface area contributed by atoms with Gasteiger partial charge in [-0.1, -0.05) is 6.08 Å². The van der Waals surface area contributed by atoms with Crippen LogP contribution in [0.4, 0.5) is 0 Å². The standard InChI is InChI=1S/C11H14N2O2/c1-3-7-13(4-2)11(15)9-5-6-12-10(14)8-9/h3,5-6,8H,1,4,7H2,2H3,(H,12,14). The van der Waals surface area contributed by atoms with Gasteiger partial charge in [0.05, 0.1) is 0 Å². The Morgan fingerprint density at radius 3 is 2.93 bits per heavy atom. The Kier molecular flexibility index (Phi) is 3.85. The second-order valence-electron chi connectivity index (χ2n) is 3.07. The van der Waals surface area contributed by atoms with Gasteiger partial charge in [-0.2, -0.15) is 0 Å². The van der Waals surface area contributed by atoms with Crippen molar-refractivity contribution in [3.63, 3.8) is 0 Å². The average Bonchev–Trinajstić information content (AvgIpc) is 2.25. The van der Waals surface area contributed by atoms with Crippen LogP contribution < -0.4 is 5.56 Å². The molecule has 4 nitrogen and oxygen atoms in total. The fourth-order valence-corrected chi connectivity index (χ4v) is 1.27. The summed E-state index contributed by atoms with van der Waals surface area (Å²) in [5.74, 6) is -0.150. The van der Waals surface area contributed by atoms with Gasteiger partial charge in [0.1, 0.15) is 0 Å². The SMILES string of the molecule is C=CCN(CC)C(=O)c1cc[nH]c(=O)c1. The number of nitrogens with one attached hydrogen (secondary N) is 1. The minimum atomic E-state index is -0.268. The number of aromatic amines is 1. The van der Waals surface area contributed by atoms with E-state index in [-0.39, 0.29) is 11.5 Å². The van der Waals surface area contributed by atoms with Crippen molar-refractivity contribution in [1.29, 1.82) is 0 Å². The number of carbonyl (C=O) groups is 1.